The van der Waals surface area contributed by atoms with Crippen LogP contribution in [-0.4, -0.2) is 37.2 Å². The van der Waals surface area contributed by atoms with Gasteiger partial charge in [0.1, 0.15) is 13.2 Å². The van der Waals surface area contributed by atoms with E-state index in [0.717, 1.165) is 103 Å². The Hall–Kier alpha value is -4.97. The first-order valence-corrected chi connectivity index (χ1v) is 27.0. The fourth-order valence-corrected chi connectivity index (χ4v) is 6.55. The number of allylic oxidation sites excluding steroid dienone is 26. The molecule has 6 heteroatoms. The summed E-state index contributed by atoms with van der Waals surface area (Å²) >= 11 is 0. The maximum absolute atomic E-state index is 12.8. The predicted octanol–water partition coefficient (Wildman–Crippen LogP) is 18.2. The third kappa shape index (κ3) is 53.8. The summed E-state index contributed by atoms with van der Waals surface area (Å²) in [4.78, 5) is 38.0. The molecule has 1 unspecified atom stereocenters. The number of esters is 3. The van der Waals surface area contributed by atoms with Crippen LogP contribution in [0.1, 0.15) is 201 Å². The molecule has 0 aliphatic carbocycles. The van der Waals surface area contributed by atoms with E-state index in [1.54, 1.807) is 0 Å². The first-order valence-electron chi connectivity index (χ1n) is 27.0. The Morgan fingerprint density at radius 2 is 0.594 bits per heavy atom. The molecule has 0 heterocycles. The molecule has 0 aromatic rings. The van der Waals surface area contributed by atoms with Crippen LogP contribution in [0.2, 0.25) is 0 Å². The lowest BCUT2D eigenvalue weighted by atomic mass is 10.1. The van der Waals surface area contributed by atoms with Gasteiger partial charge >= 0.3 is 17.9 Å². The minimum atomic E-state index is -0.857. The van der Waals surface area contributed by atoms with E-state index in [2.05, 4.69) is 161 Å². The third-order valence-electron chi connectivity index (χ3n) is 10.5. The van der Waals surface area contributed by atoms with Crippen LogP contribution in [0.25, 0.3) is 0 Å². The molecule has 0 aromatic carbocycles. The zero-order valence-corrected chi connectivity index (χ0v) is 43.8. The maximum Gasteiger partial charge on any atom is 0.306 e. The van der Waals surface area contributed by atoms with Crippen molar-refractivity contribution in [3.63, 3.8) is 0 Å². The monoisotopic (exact) mass is 949 g/mol. The van der Waals surface area contributed by atoms with Gasteiger partial charge in [-0.05, 0) is 122 Å². The van der Waals surface area contributed by atoms with Gasteiger partial charge in [0.05, 0.1) is 0 Å². The Balaban J connectivity index is 4.65. The normalized spacial score (nSPS) is 13.4. The summed E-state index contributed by atoms with van der Waals surface area (Å²) in [5.41, 5.74) is 0. The van der Waals surface area contributed by atoms with Crippen LogP contribution >= 0.6 is 0 Å². The molecule has 0 rings (SSSR count). The van der Waals surface area contributed by atoms with Crippen molar-refractivity contribution in [1.29, 1.82) is 0 Å². The van der Waals surface area contributed by atoms with Gasteiger partial charge in [0.25, 0.3) is 0 Å². The highest BCUT2D eigenvalue weighted by Crippen LogP contribution is 2.10. The topological polar surface area (TPSA) is 78.9 Å². The Labute approximate surface area is 422 Å². The van der Waals surface area contributed by atoms with Gasteiger partial charge in [-0.3, -0.25) is 14.4 Å². The van der Waals surface area contributed by atoms with E-state index in [0.29, 0.717) is 19.3 Å². The second-order valence-electron chi connectivity index (χ2n) is 17.0. The second-order valence-corrected chi connectivity index (χ2v) is 17.0. The number of ether oxygens (including phenoxy) is 3. The largest absolute Gasteiger partial charge is 0.462 e. The number of unbranched alkanes of at least 4 members (excludes halogenated alkanes) is 9. The van der Waals surface area contributed by atoms with Crippen LogP contribution in [-0.2, 0) is 28.6 Å². The second kappa shape index (κ2) is 55.6. The molecule has 0 aliphatic rings. The summed E-state index contributed by atoms with van der Waals surface area (Å²) in [5, 5.41) is 0. The average molecular weight is 949 g/mol. The van der Waals surface area contributed by atoms with E-state index in [1.165, 1.54) is 38.5 Å². The van der Waals surface area contributed by atoms with Crippen LogP contribution < -0.4 is 0 Å². The van der Waals surface area contributed by atoms with Crippen LogP contribution in [0.5, 0.6) is 0 Å². The van der Waals surface area contributed by atoms with E-state index >= 15 is 0 Å². The van der Waals surface area contributed by atoms with Crippen molar-refractivity contribution in [2.75, 3.05) is 13.2 Å². The average Bonchev–Trinajstić information content (AvgIpc) is 3.35. The zero-order valence-electron chi connectivity index (χ0n) is 43.8. The summed E-state index contributed by atoms with van der Waals surface area (Å²) in [5.74, 6) is -1.14. The third-order valence-corrected chi connectivity index (χ3v) is 10.5. The zero-order chi connectivity index (χ0) is 50.0. The Bertz CT molecular complexity index is 1610. The highest BCUT2D eigenvalue weighted by Gasteiger charge is 2.19. The lowest BCUT2D eigenvalue weighted by Gasteiger charge is -2.18. The molecule has 384 valence electrons. The quantitative estimate of drug-likeness (QED) is 0.0262. The van der Waals surface area contributed by atoms with Crippen LogP contribution in [0, 0.1) is 0 Å². The first kappa shape index (κ1) is 64.0. The van der Waals surface area contributed by atoms with Crippen LogP contribution in [0.15, 0.2) is 158 Å². The lowest BCUT2D eigenvalue weighted by molar-refractivity contribution is -0.166. The summed E-state index contributed by atoms with van der Waals surface area (Å²) in [6.45, 7) is 6.23. The van der Waals surface area contributed by atoms with Gasteiger partial charge in [-0.2, -0.15) is 0 Å². The van der Waals surface area contributed by atoms with E-state index in [4.69, 9.17) is 14.2 Å². The van der Waals surface area contributed by atoms with Gasteiger partial charge < -0.3 is 14.2 Å². The number of carbonyl (C=O) groups excluding carboxylic acids is 3. The number of carbonyl (C=O) groups is 3. The van der Waals surface area contributed by atoms with E-state index in [1.807, 2.05) is 18.2 Å². The summed E-state index contributed by atoms with van der Waals surface area (Å²) in [6.07, 6.45) is 81.1. The maximum atomic E-state index is 12.8. The number of hydrogen-bond donors (Lipinski definition) is 0. The van der Waals surface area contributed by atoms with E-state index in [-0.39, 0.29) is 50.4 Å². The fraction of sp³-hybridized carbons (Fsp3) is 0.540. The molecule has 69 heavy (non-hydrogen) atoms. The molecule has 0 saturated carbocycles. The molecule has 0 aliphatic heterocycles. The SMILES string of the molecule is CC/C=C/C/C=C/C/C=C/C/C=C/C/C=C/C/C=C/CCC(=O)OCC(COC(=O)CC/C=C/C/C=C/CCCCCCCC)OC(=O)CCCCC/C=C/C/C=C/C/C=C/C/C=C/C/C=C/CC. The molecule has 0 aromatic heterocycles. The lowest BCUT2D eigenvalue weighted by Crippen LogP contribution is -2.30. The van der Waals surface area contributed by atoms with Crippen molar-refractivity contribution in [3.05, 3.63) is 158 Å². The number of hydrogen-bond acceptors (Lipinski definition) is 6. The van der Waals surface area contributed by atoms with Crippen molar-refractivity contribution in [2.24, 2.45) is 0 Å². The standard InChI is InChI=1S/C63H96O6/c1-4-7-10-13-16-19-22-25-27-29-31-33-35-38-41-44-47-50-53-56-62(65)68-59-60(58-67-61(64)55-52-49-46-43-40-37-24-21-18-15-12-9-6-3)69-63(66)57-54-51-48-45-42-39-36-34-32-30-28-26-23-20-17-14-11-8-5-2/h7-8,10-11,16-17,19-20,25-28,31-34,37-42,46-47,49-50,60H,4-6,9,12-15,18,21-24,29-30,35-36,43-45,48,51-59H2,1-3H3/b10-7+,11-8+,19-16+,20-17+,27-25+,28-26+,33-31+,34-32+,40-37+,41-38+,42-39+,49-46+,50-47+. The summed E-state index contributed by atoms with van der Waals surface area (Å²) in [7, 11) is 0. The molecule has 0 fully saturated rings. The minimum Gasteiger partial charge on any atom is -0.462 e. The molecule has 1 atom stereocenters. The van der Waals surface area contributed by atoms with Gasteiger partial charge in [-0.1, -0.05) is 217 Å². The number of rotatable bonds is 46. The molecular weight excluding hydrogens is 853 g/mol. The molecule has 0 spiro atoms. The first-order chi connectivity index (χ1) is 34.0. The van der Waals surface area contributed by atoms with Crippen molar-refractivity contribution in [3.8, 4) is 0 Å². The Kier molecular flexibility index (Phi) is 51.6. The van der Waals surface area contributed by atoms with Crippen molar-refractivity contribution < 1.29 is 28.6 Å². The predicted molar refractivity (Wildman–Crippen MR) is 297 cm³/mol. The van der Waals surface area contributed by atoms with Crippen molar-refractivity contribution in [1.82, 2.24) is 0 Å². The van der Waals surface area contributed by atoms with Gasteiger partial charge in [0, 0.05) is 19.3 Å². The van der Waals surface area contributed by atoms with Crippen LogP contribution in [0.4, 0.5) is 0 Å². The summed E-state index contributed by atoms with van der Waals surface area (Å²) < 4.78 is 16.7. The molecule has 0 N–H and O–H groups in total. The Morgan fingerprint density at radius 1 is 0.304 bits per heavy atom. The minimum absolute atomic E-state index is 0.153. The van der Waals surface area contributed by atoms with Gasteiger partial charge in [0.2, 0.25) is 0 Å². The van der Waals surface area contributed by atoms with Crippen LogP contribution in [0.3, 0.4) is 0 Å². The molecule has 0 amide bonds. The molecular formula is C63H96O6. The van der Waals surface area contributed by atoms with E-state index in [9.17, 15) is 14.4 Å². The molecule has 0 saturated heterocycles. The van der Waals surface area contributed by atoms with Crippen molar-refractivity contribution >= 4 is 17.9 Å². The summed E-state index contributed by atoms with van der Waals surface area (Å²) in [6, 6.07) is 0. The van der Waals surface area contributed by atoms with Gasteiger partial charge in [-0.25, -0.2) is 0 Å². The highest BCUT2D eigenvalue weighted by atomic mass is 16.6. The Morgan fingerprint density at radius 3 is 0.942 bits per heavy atom. The van der Waals surface area contributed by atoms with Crippen molar-refractivity contribution in [2.45, 2.75) is 207 Å². The fourth-order valence-electron chi connectivity index (χ4n) is 6.55. The van der Waals surface area contributed by atoms with Gasteiger partial charge in [-0.15, -0.1) is 0 Å². The molecule has 0 bridgehead atoms. The highest BCUT2D eigenvalue weighted by molar-refractivity contribution is 5.71. The van der Waals surface area contributed by atoms with E-state index < -0.39 is 6.10 Å². The smallest absolute Gasteiger partial charge is 0.306 e. The molecule has 6 nitrogen and oxygen atoms in total. The molecule has 0 radical (unpaired) electrons. The van der Waals surface area contributed by atoms with Gasteiger partial charge in [0.15, 0.2) is 6.10 Å².